The fourth-order valence-electron chi connectivity index (χ4n) is 7.44. The van der Waals surface area contributed by atoms with Gasteiger partial charge in [0.1, 0.15) is 0 Å². The van der Waals surface area contributed by atoms with Crippen molar-refractivity contribution in [3.05, 3.63) is 216 Å². The van der Waals surface area contributed by atoms with Gasteiger partial charge in [0, 0.05) is 0 Å². The SMILES string of the molecule is [Cl-].[Cl-].[Zr+2].[Zr+2].[c-]1c(-c2ccccc2)ccc2c1Cc1cc(-c3ccccc3)ccc1-2.[c-]1c(-c2ccccc2)ccc2c1Cc1cc(-c3ccccc3)ccc1-2. The van der Waals surface area contributed by atoms with Crippen LogP contribution in [0.1, 0.15) is 22.3 Å². The van der Waals surface area contributed by atoms with Gasteiger partial charge in [0.2, 0.25) is 0 Å². The maximum Gasteiger partial charge on any atom is 2.00 e. The Hall–Kier alpha value is -3.89. The molecule has 0 heterocycles. The molecule has 256 valence electrons. The minimum absolute atomic E-state index is 0. The first-order chi connectivity index (χ1) is 24.8. The maximum atomic E-state index is 3.65. The van der Waals surface area contributed by atoms with Gasteiger partial charge >= 0.3 is 52.4 Å². The standard InChI is InChI=1S/2C25H17.2ClH.2Zr/c2*1-3-7-18(8-4-1)20-11-13-24-22(15-20)17-23-16-21(12-14-25(23)24)19-9-5-2-6-10-19;;;;/h2*1-15H,17H2;2*1H;;/q2*-1;;;2*+2/p-2. The molecule has 2 aliphatic carbocycles. The van der Waals surface area contributed by atoms with E-state index in [4.69, 9.17) is 0 Å². The number of halogens is 2. The largest absolute Gasteiger partial charge is 2.00 e. The molecule has 4 heteroatoms. The van der Waals surface area contributed by atoms with Gasteiger partial charge in [-0.15, -0.1) is 58.7 Å². The van der Waals surface area contributed by atoms with Gasteiger partial charge in [-0.1, -0.05) is 191 Å². The van der Waals surface area contributed by atoms with Gasteiger partial charge in [0.25, 0.3) is 0 Å². The monoisotopic (exact) mass is 884 g/mol. The van der Waals surface area contributed by atoms with E-state index in [-0.39, 0.29) is 77.2 Å². The molecule has 0 nitrogen and oxygen atoms in total. The summed E-state index contributed by atoms with van der Waals surface area (Å²) in [5.41, 5.74) is 20.7. The number of hydrogen-bond acceptors (Lipinski definition) is 0. The van der Waals surface area contributed by atoms with Crippen molar-refractivity contribution in [3.63, 3.8) is 0 Å². The zero-order chi connectivity index (χ0) is 33.3. The zero-order valence-electron chi connectivity index (χ0n) is 29.5. The van der Waals surface area contributed by atoms with E-state index in [1.807, 2.05) is 0 Å². The van der Waals surface area contributed by atoms with Crippen LogP contribution in [-0.4, -0.2) is 0 Å². The van der Waals surface area contributed by atoms with Gasteiger partial charge < -0.3 is 24.8 Å². The van der Waals surface area contributed by atoms with E-state index < -0.39 is 0 Å². The van der Waals surface area contributed by atoms with Crippen LogP contribution in [0.15, 0.2) is 182 Å². The predicted molar refractivity (Wildman–Crippen MR) is 209 cm³/mol. The molecule has 0 spiro atoms. The maximum absolute atomic E-state index is 3.65. The minimum atomic E-state index is 0. The van der Waals surface area contributed by atoms with E-state index in [1.165, 1.54) is 89.0 Å². The summed E-state index contributed by atoms with van der Waals surface area (Å²) < 4.78 is 0. The van der Waals surface area contributed by atoms with Crippen molar-refractivity contribution in [2.75, 3.05) is 0 Å². The molecule has 0 amide bonds. The smallest absolute Gasteiger partial charge is 1.00 e. The molecule has 8 aromatic carbocycles. The number of hydrogen-bond donors (Lipinski definition) is 0. The second-order valence-corrected chi connectivity index (χ2v) is 13.1. The van der Waals surface area contributed by atoms with Crippen LogP contribution in [0.25, 0.3) is 66.8 Å². The summed E-state index contributed by atoms with van der Waals surface area (Å²) in [5, 5.41) is 0. The second kappa shape index (κ2) is 18.6. The van der Waals surface area contributed by atoms with E-state index in [2.05, 4.69) is 194 Å². The van der Waals surface area contributed by atoms with Crippen LogP contribution in [-0.2, 0) is 65.2 Å². The fourth-order valence-corrected chi connectivity index (χ4v) is 7.44. The van der Waals surface area contributed by atoms with Gasteiger partial charge in [0.05, 0.1) is 0 Å². The van der Waals surface area contributed by atoms with Crippen LogP contribution < -0.4 is 24.8 Å². The van der Waals surface area contributed by atoms with Crippen LogP contribution in [0.5, 0.6) is 0 Å². The first-order valence-electron chi connectivity index (χ1n) is 17.4. The number of fused-ring (bicyclic) bond motifs is 6. The Morgan fingerprint density at radius 3 is 0.963 bits per heavy atom. The Kier molecular flexibility index (Phi) is 14.2. The van der Waals surface area contributed by atoms with Gasteiger partial charge in [0.15, 0.2) is 0 Å². The van der Waals surface area contributed by atoms with Crippen molar-refractivity contribution in [1.29, 1.82) is 0 Å². The normalized spacial score (nSPS) is 11.0. The molecule has 0 unspecified atom stereocenters. The van der Waals surface area contributed by atoms with Crippen LogP contribution in [0.2, 0.25) is 0 Å². The Labute approximate surface area is 369 Å². The second-order valence-electron chi connectivity index (χ2n) is 13.1. The van der Waals surface area contributed by atoms with Crippen molar-refractivity contribution >= 4 is 0 Å². The van der Waals surface area contributed by atoms with Crippen LogP contribution in [0.3, 0.4) is 0 Å². The zero-order valence-corrected chi connectivity index (χ0v) is 35.9. The molecule has 0 fully saturated rings. The molecular formula is C50H34Cl2Zr2. The molecule has 0 bridgehead atoms. The average molecular weight is 888 g/mol. The molecule has 10 rings (SSSR count). The van der Waals surface area contributed by atoms with E-state index in [9.17, 15) is 0 Å². The fraction of sp³-hybridized carbons (Fsp3) is 0.0400. The van der Waals surface area contributed by atoms with Crippen molar-refractivity contribution in [2.45, 2.75) is 12.8 Å². The van der Waals surface area contributed by atoms with Gasteiger partial charge in [-0.3, -0.25) is 0 Å². The molecule has 0 atom stereocenters. The molecule has 54 heavy (non-hydrogen) atoms. The first-order valence-corrected chi connectivity index (χ1v) is 17.4. The first kappa shape index (κ1) is 41.3. The molecule has 0 radical (unpaired) electrons. The van der Waals surface area contributed by atoms with Crippen molar-refractivity contribution < 1.29 is 77.2 Å². The summed E-state index contributed by atoms with van der Waals surface area (Å²) in [6, 6.07) is 72.0. The van der Waals surface area contributed by atoms with E-state index in [0.29, 0.717) is 0 Å². The van der Waals surface area contributed by atoms with Crippen LogP contribution in [0.4, 0.5) is 0 Å². The van der Waals surface area contributed by atoms with Gasteiger partial charge in [-0.05, 0) is 46.2 Å². The third kappa shape index (κ3) is 8.49. The summed E-state index contributed by atoms with van der Waals surface area (Å²) in [4.78, 5) is 0. The van der Waals surface area contributed by atoms with Crippen LogP contribution in [0, 0.1) is 12.1 Å². The molecule has 0 aliphatic heterocycles. The van der Waals surface area contributed by atoms with Crippen molar-refractivity contribution in [1.82, 2.24) is 0 Å². The summed E-state index contributed by atoms with van der Waals surface area (Å²) in [6.45, 7) is 0. The van der Waals surface area contributed by atoms with Crippen molar-refractivity contribution in [3.8, 4) is 66.8 Å². The Morgan fingerprint density at radius 2 is 0.611 bits per heavy atom. The molecule has 0 saturated heterocycles. The summed E-state index contributed by atoms with van der Waals surface area (Å²) >= 11 is 0. The number of benzene rings is 8. The molecular weight excluding hydrogens is 854 g/mol. The van der Waals surface area contributed by atoms with Crippen molar-refractivity contribution in [2.24, 2.45) is 0 Å². The summed E-state index contributed by atoms with van der Waals surface area (Å²) in [6.07, 6.45) is 1.93. The van der Waals surface area contributed by atoms with Crippen LogP contribution >= 0.6 is 0 Å². The Balaban J connectivity index is 0.000000193. The molecule has 0 N–H and O–H groups in total. The molecule has 0 saturated carbocycles. The minimum Gasteiger partial charge on any atom is -1.00 e. The topological polar surface area (TPSA) is 0 Å². The average Bonchev–Trinajstić information content (AvgIpc) is 3.76. The number of rotatable bonds is 4. The quantitative estimate of drug-likeness (QED) is 0.171. The third-order valence-corrected chi connectivity index (χ3v) is 9.96. The summed E-state index contributed by atoms with van der Waals surface area (Å²) in [7, 11) is 0. The summed E-state index contributed by atoms with van der Waals surface area (Å²) in [5.74, 6) is 0. The Morgan fingerprint density at radius 1 is 0.296 bits per heavy atom. The van der Waals surface area contributed by atoms with Gasteiger partial charge in [-0.25, -0.2) is 0 Å². The van der Waals surface area contributed by atoms with E-state index >= 15 is 0 Å². The Bertz CT molecular complexity index is 2110. The van der Waals surface area contributed by atoms with E-state index in [0.717, 1.165) is 12.8 Å². The van der Waals surface area contributed by atoms with Gasteiger partial charge in [-0.2, -0.15) is 0 Å². The predicted octanol–water partition coefficient (Wildman–Crippen LogP) is 6.79. The van der Waals surface area contributed by atoms with E-state index in [1.54, 1.807) is 0 Å². The molecule has 0 aromatic heterocycles. The molecule has 2 aliphatic rings. The third-order valence-electron chi connectivity index (χ3n) is 9.96. The molecule has 8 aromatic rings.